The van der Waals surface area contributed by atoms with Crippen molar-refractivity contribution in [3.8, 4) is 17.1 Å². The number of fused-ring (bicyclic) bond motifs is 4. The fourth-order valence-electron chi connectivity index (χ4n) is 7.17. The lowest BCUT2D eigenvalue weighted by molar-refractivity contribution is 0.0155. The summed E-state index contributed by atoms with van der Waals surface area (Å²) in [4.78, 5) is 32.9. The number of amides is 1. The molecule has 50 heavy (non-hydrogen) atoms. The van der Waals surface area contributed by atoms with Crippen molar-refractivity contribution in [3.63, 3.8) is 0 Å². The molecule has 2 aliphatic rings. The maximum atomic E-state index is 13.2. The van der Waals surface area contributed by atoms with Gasteiger partial charge in [-0.25, -0.2) is 11.4 Å². The molecule has 4 heterocycles. The normalized spacial score (nSPS) is 20.1. The first-order chi connectivity index (χ1) is 24.0. The van der Waals surface area contributed by atoms with E-state index in [4.69, 9.17) is 46.8 Å². The summed E-state index contributed by atoms with van der Waals surface area (Å²) in [5.41, 5.74) is 2.52. The first-order valence-corrected chi connectivity index (χ1v) is 17.3. The van der Waals surface area contributed by atoms with Gasteiger partial charge in [-0.05, 0) is 69.0 Å². The van der Waals surface area contributed by atoms with Crippen LogP contribution in [0.3, 0.4) is 0 Å². The van der Waals surface area contributed by atoms with E-state index < -0.39 is 17.7 Å². The molecule has 2 aliphatic heterocycles. The van der Waals surface area contributed by atoms with Crippen LogP contribution in [0.4, 0.5) is 10.6 Å². The highest BCUT2D eigenvalue weighted by Crippen LogP contribution is 2.43. The Bertz CT molecular complexity index is 2100. The van der Waals surface area contributed by atoms with Crippen LogP contribution >= 0.6 is 11.6 Å². The van der Waals surface area contributed by atoms with E-state index in [1.165, 1.54) is 0 Å². The molecule has 0 radical (unpaired) electrons. The summed E-state index contributed by atoms with van der Waals surface area (Å²) in [6, 6.07) is 16.0. The number of piperazine rings is 1. The van der Waals surface area contributed by atoms with Crippen molar-refractivity contribution in [1.82, 2.24) is 19.8 Å². The Balaban J connectivity index is 1.35. The van der Waals surface area contributed by atoms with Crippen molar-refractivity contribution in [3.05, 3.63) is 71.2 Å². The quantitative estimate of drug-likeness (QED) is 0.163. The minimum Gasteiger partial charge on any atom is -0.463 e. The van der Waals surface area contributed by atoms with Crippen LogP contribution in [0.2, 0.25) is 5.02 Å². The Labute approximate surface area is 296 Å². The first kappa shape index (κ1) is 33.8. The van der Waals surface area contributed by atoms with Crippen LogP contribution in [0.5, 0.6) is 6.01 Å². The van der Waals surface area contributed by atoms with Crippen LogP contribution in [-0.4, -0.2) is 103 Å². The van der Waals surface area contributed by atoms with E-state index in [-0.39, 0.29) is 24.7 Å². The molecule has 260 valence electrons. The molecular formula is C38H41ClN6O5. The van der Waals surface area contributed by atoms with Gasteiger partial charge in [0.05, 0.1) is 23.3 Å². The highest BCUT2D eigenvalue weighted by atomic mass is 35.5. The molecule has 0 N–H and O–H groups in total. The molecule has 7 rings (SSSR count). The molecule has 0 bridgehead atoms. The summed E-state index contributed by atoms with van der Waals surface area (Å²) in [7, 11) is 3.80. The van der Waals surface area contributed by atoms with Crippen LogP contribution in [0.1, 0.15) is 27.2 Å². The largest absolute Gasteiger partial charge is 0.463 e. The van der Waals surface area contributed by atoms with Gasteiger partial charge in [0.15, 0.2) is 0 Å². The molecule has 0 saturated carbocycles. The summed E-state index contributed by atoms with van der Waals surface area (Å²) in [5.74, 6) is 0.626. The van der Waals surface area contributed by atoms with Gasteiger partial charge in [-0.1, -0.05) is 41.9 Å². The molecule has 0 aliphatic carbocycles. The number of carbonyl (C=O) groups excluding carboxylic acids is 1. The number of rotatable bonds is 7. The van der Waals surface area contributed by atoms with Crippen molar-refractivity contribution in [2.24, 2.45) is 0 Å². The van der Waals surface area contributed by atoms with Gasteiger partial charge in [0.1, 0.15) is 29.7 Å². The molecular weight excluding hydrogens is 656 g/mol. The number of aromatic nitrogens is 2. The third kappa shape index (κ3) is 6.51. The molecule has 2 fully saturated rings. The van der Waals surface area contributed by atoms with E-state index in [1.807, 2.05) is 45.0 Å². The number of ether oxygens (including phenoxy) is 3. The second-order valence-corrected chi connectivity index (χ2v) is 14.5. The zero-order valence-electron chi connectivity index (χ0n) is 29.0. The molecule has 12 heteroatoms. The van der Waals surface area contributed by atoms with Gasteiger partial charge in [0.2, 0.25) is 6.54 Å². The molecule has 0 spiro atoms. The number of hydrogen-bond donors (Lipinski definition) is 0. The number of benzene rings is 3. The van der Waals surface area contributed by atoms with Crippen LogP contribution in [0, 0.1) is 6.57 Å². The lowest BCUT2D eigenvalue weighted by atomic mass is 9.94. The fourth-order valence-corrected chi connectivity index (χ4v) is 7.45. The highest BCUT2D eigenvalue weighted by Gasteiger charge is 2.37. The summed E-state index contributed by atoms with van der Waals surface area (Å²) in [6.45, 7) is 15.7. The van der Waals surface area contributed by atoms with E-state index in [1.54, 1.807) is 18.3 Å². The molecule has 3 atom stereocenters. The Hall–Kier alpha value is -4.63. The number of halogens is 1. The van der Waals surface area contributed by atoms with Gasteiger partial charge in [-0.3, -0.25) is 9.80 Å². The van der Waals surface area contributed by atoms with Crippen LogP contribution < -0.4 is 9.64 Å². The SMILES string of the molecule is [C-]#[N+]C[C@H]1CN(c2nc(OC[C@@H]3C[C@@H](OC)CN3C)nc3cc(-c4cccc5cccc(Cl)c45)c4ccoc4c23)CCN1C(=O)OC(C)(C)C. The average Bonchev–Trinajstić information content (AvgIpc) is 3.72. The summed E-state index contributed by atoms with van der Waals surface area (Å²) in [6.07, 6.45) is 2.24. The van der Waals surface area contributed by atoms with E-state index in [2.05, 4.69) is 46.0 Å². The highest BCUT2D eigenvalue weighted by molar-refractivity contribution is 6.37. The zero-order valence-corrected chi connectivity index (χ0v) is 29.7. The van der Waals surface area contributed by atoms with E-state index in [0.29, 0.717) is 48.2 Å². The van der Waals surface area contributed by atoms with Gasteiger partial charge in [0.25, 0.3) is 0 Å². The number of likely N-dealkylation sites (tertiary alicyclic amines) is 1. The Morgan fingerprint density at radius 3 is 2.60 bits per heavy atom. The lowest BCUT2D eigenvalue weighted by Crippen LogP contribution is -2.57. The third-order valence-electron chi connectivity index (χ3n) is 9.61. The minimum absolute atomic E-state index is 0.124. The van der Waals surface area contributed by atoms with Crippen molar-refractivity contribution in [2.75, 3.05) is 58.4 Å². The predicted octanol–water partition coefficient (Wildman–Crippen LogP) is 7.29. The first-order valence-electron chi connectivity index (χ1n) is 16.9. The Morgan fingerprint density at radius 2 is 1.86 bits per heavy atom. The maximum Gasteiger partial charge on any atom is 0.410 e. The van der Waals surface area contributed by atoms with Gasteiger partial charge in [-0.15, -0.1) is 0 Å². The third-order valence-corrected chi connectivity index (χ3v) is 9.92. The minimum atomic E-state index is -0.653. The molecule has 1 amide bonds. The maximum absolute atomic E-state index is 13.2. The predicted molar refractivity (Wildman–Crippen MR) is 195 cm³/mol. The number of furan rings is 1. The second kappa shape index (κ2) is 13.6. The summed E-state index contributed by atoms with van der Waals surface area (Å²) in [5, 5.41) is 4.26. The van der Waals surface area contributed by atoms with E-state index in [9.17, 15) is 4.79 Å². The van der Waals surface area contributed by atoms with Gasteiger partial charge in [0, 0.05) is 55.1 Å². The average molecular weight is 697 g/mol. The number of nitrogens with zero attached hydrogens (tertiary/aromatic N) is 6. The van der Waals surface area contributed by atoms with E-state index in [0.717, 1.165) is 45.6 Å². The number of hydrogen-bond acceptors (Lipinski definition) is 9. The molecule has 3 aromatic carbocycles. The topological polar surface area (TPSA) is 97.8 Å². The van der Waals surface area contributed by atoms with Crippen molar-refractivity contribution < 1.29 is 23.4 Å². The number of likely N-dealkylation sites (N-methyl/N-ethyl adjacent to an activating group) is 1. The van der Waals surface area contributed by atoms with E-state index >= 15 is 0 Å². The van der Waals surface area contributed by atoms with Gasteiger partial charge >= 0.3 is 12.1 Å². The zero-order chi connectivity index (χ0) is 35.2. The number of anilines is 1. The second-order valence-electron chi connectivity index (χ2n) is 14.1. The van der Waals surface area contributed by atoms with Crippen molar-refractivity contribution >= 4 is 56.2 Å². The van der Waals surface area contributed by atoms with Gasteiger partial charge in [-0.2, -0.15) is 9.97 Å². The monoisotopic (exact) mass is 696 g/mol. The summed E-state index contributed by atoms with van der Waals surface area (Å²) >= 11 is 6.81. The van der Waals surface area contributed by atoms with Crippen LogP contribution in [0.15, 0.2) is 59.2 Å². The standard InChI is InChI=1S/C38H41ClN6O5/c1-38(2,3)50-37(46)45-15-14-44(20-25(45)19-40-4)35-33-31(41-36(42-35)49-22-24-17-26(47-6)21-43(24)5)18-29(28-13-16-48-34(28)33)27-11-7-9-23-10-8-12-30(39)32(23)27/h7-13,16,18,24-26H,14-15,17,19-22H2,1-3,5-6H3/t24-,25-,26+/m0/s1. The van der Waals surface area contributed by atoms with Crippen molar-refractivity contribution in [1.29, 1.82) is 0 Å². The Morgan fingerprint density at radius 1 is 1.06 bits per heavy atom. The smallest absolute Gasteiger partial charge is 0.410 e. The molecule has 0 unspecified atom stereocenters. The molecule has 2 saturated heterocycles. The van der Waals surface area contributed by atoms with Gasteiger partial charge < -0.3 is 28.4 Å². The molecule has 5 aromatic rings. The van der Waals surface area contributed by atoms with Crippen molar-refractivity contribution in [2.45, 2.75) is 51.0 Å². The fraction of sp³-hybridized carbons (Fsp3) is 0.421. The molecule has 11 nitrogen and oxygen atoms in total. The van der Waals surface area contributed by atoms with Crippen LogP contribution in [0.25, 0.3) is 48.6 Å². The Kier molecular flexibility index (Phi) is 9.20. The summed E-state index contributed by atoms with van der Waals surface area (Å²) < 4.78 is 23.9. The lowest BCUT2D eigenvalue weighted by Gasteiger charge is -2.40. The number of methoxy groups -OCH3 is 1. The van der Waals surface area contributed by atoms with Crippen LogP contribution in [-0.2, 0) is 9.47 Å². The number of carbonyl (C=O) groups is 1. The molecule has 2 aromatic heterocycles.